The molecule has 0 aromatic carbocycles. The minimum atomic E-state index is -0.0308. The number of nitrogens with zero attached hydrogens (tertiary/aromatic N) is 4. The zero-order valence-electron chi connectivity index (χ0n) is 9.67. The minimum absolute atomic E-state index is 0.0308. The number of nitrogens with two attached hydrogens (primary N) is 1. The van der Waals surface area contributed by atoms with Crippen molar-refractivity contribution >= 4 is 0 Å². The molecule has 86 valence electrons. The van der Waals surface area contributed by atoms with Gasteiger partial charge < -0.3 is 14.9 Å². The zero-order valence-corrected chi connectivity index (χ0v) is 9.67. The van der Waals surface area contributed by atoms with E-state index in [4.69, 9.17) is 5.73 Å². The summed E-state index contributed by atoms with van der Waals surface area (Å²) in [7, 11) is 3.96. The first-order valence-corrected chi connectivity index (χ1v) is 5.37. The molecule has 2 N–H and O–H groups in total. The van der Waals surface area contributed by atoms with E-state index in [0.29, 0.717) is 0 Å². The molecule has 1 atom stereocenters. The monoisotopic (exact) mass is 219 g/mol. The van der Waals surface area contributed by atoms with Crippen molar-refractivity contribution in [2.45, 2.75) is 18.9 Å². The zero-order chi connectivity index (χ0) is 11.5. The van der Waals surface area contributed by atoms with Gasteiger partial charge in [-0.1, -0.05) is 0 Å². The Morgan fingerprint density at radius 2 is 1.88 bits per heavy atom. The van der Waals surface area contributed by atoms with Gasteiger partial charge in [0.1, 0.15) is 11.6 Å². The molecule has 5 nitrogen and oxygen atoms in total. The molecule has 1 unspecified atom stereocenters. The normalized spacial score (nSPS) is 12.9. The number of rotatable bonds is 4. The van der Waals surface area contributed by atoms with Crippen LogP contribution in [-0.4, -0.2) is 19.1 Å². The number of hydrogen-bond donors (Lipinski definition) is 1. The molecule has 2 aromatic rings. The molecule has 0 aliphatic heterocycles. The number of hydrogen-bond acceptors (Lipinski definition) is 3. The van der Waals surface area contributed by atoms with Gasteiger partial charge in [0.05, 0.1) is 6.04 Å². The lowest BCUT2D eigenvalue weighted by Crippen LogP contribution is -2.16. The highest BCUT2D eigenvalue weighted by Gasteiger charge is 2.11. The van der Waals surface area contributed by atoms with Crippen LogP contribution in [0.5, 0.6) is 0 Å². The van der Waals surface area contributed by atoms with Gasteiger partial charge in [-0.05, 0) is 6.42 Å². The third-order valence-corrected chi connectivity index (χ3v) is 2.79. The van der Waals surface area contributed by atoms with E-state index >= 15 is 0 Å². The molecule has 0 bridgehead atoms. The van der Waals surface area contributed by atoms with Crippen molar-refractivity contribution in [1.82, 2.24) is 19.1 Å². The minimum Gasteiger partial charge on any atom is -0.338 e. The lowest BCUT2D eigenvalue weighted by atomic mass is 10.1. The third-order valence-electron chi connectivity index (χ3n) is 2.79. The van der Waals surface area contributed by atoms with Crippen LogP contribution in [-0.2, 0) is 20.5 Å². The summed E-state index contributed by atoms with van der Waals surface area (Å²) in [5.41, 5.74) is 6.09. The van der Waals surface area contributed by atoms with E-state index < -0.39 is 0 Å². The molecule has 2 aromatic heterocycles. The van der Waals surface area contributed by atoms with Crippen LogP contribution in [0.15, 0.2) is 24.8 Å². The molecule has 0 aliphatic carbocycles. The molecule has 2 heterocycles. The van der Waals surface area contributed by atoms with E-state index in [0.717, 1.165) is 24.5 Å². The van der Waals surface area contributed by atoms with Crippen LogP contribution >= 0.6 is 0 Å². The van der Waals surface area contributed by atoms with Crippen LogP contribution in [0.4, 0.5) is 0 Å². The number of aryl methyl sites for hydroxylation is 3. The summed E-state index contributed by atoms with van der Waals surface area (Å²) in [6.45, 7) is 0. The second-order valence-electron chi connectivity index (χ2n) is 4.00. The van der Waals surface area contributed by atoms with Gasteiger partial charge >= 0.3 is 0 Å². The Bertz CT molecular complexity index is 456. The molecule has 2 rings (SSSR count). The van der Waals surface area contributed by atoms with E-state index in [9.17, 15) is 0 Å². The summed E-state index contributed by atoms with van der Waals surface area (Å²) >= 11 is 0. The lowest BCUT2D eigenvalue weighted by molar-refractivity contribution is 0.571. The molecule has 0 spiro atoms. The smallest absolute Gasteiger partial charge is 0.125 e. The van der Waals surface area contributed by atoms with Crippen LogP contribution in [0, 0.1) is 0 Å². The van der Waals surface area contributed by atoms with Crippen LogP contribution in [0.25, 0.3) is 0 Å². The van der Waals surface area contributed by atoms with Crippen molar-refractivity contribution in [3.8, 4) is 0 Å². The number of aromatic nitrogens is 4. The van der Waals surface area contributed by atoms with Crippen molar-refractivity contribution < 1.29 is 0 Å². The summed E-state index contributed by atoms with van der Waals surface area (Å²) in [6, 6.07) is -0.0308. The van der Waals surface area contributed by atoms with Gasteiger partial charge in [0.25, 0.3) is 0 Å². The Morgan fingerprint density at radius 3 is 2.44 bits per heavy atom. The average Bonchev–Trinajstić information content (AvgIpc) is 2.84. The molecular formula is C11H17N5. The predicted octanol–water partition coefficient (Wildman–Crippen LogP) is 0.786. The van der Waals surface area contributed by atoms with Crippen molar-refractivity contribution in [3.05, 3.63) is 36.4 Å². The summed E-state index contributed by atoms with van der Waals surface area (Å²) in [6.07, 6.45) is 9.17. The van der Waals surface area contributed by atoms with Crippen LogP contribution in [0.1, 0.15) is 24.1 Å². The van der Waals surface area contributed by atoms with Crippen molar-refractivity contribution in [3.63, 3.8) is 0 Å². The topological polar surface area (TPSA) is 61.7 Å². The molecule has 0 radical (unpaired) electrons. The molecule has 0 aliphatic rings. The Kier molecular flexibility index (Phi) is 3.05. The maximum atomic E-state index is 6.09. The van der Waals surface area contributed by atoms with Crippen molar-refractivity contribution in [1.29, 1.82) is 0 Å². The quantitative estimate of drug-likeness (QED) is 0.826. The van der Waals surface area contributed by atoms with Crippen LogP contribution < -0.4 is 5.73 Å². The molecule has 0 saturated carbocycles. The second-order valence-corrected chi connectivity index (χ2v) is 4.00. The first-order valence-electron chi connectivity index (χ1n) is 5.37. The van der Waals surface area contributed by atoms with Gasteiger partial charge in [0.15, 0.2) is 0 Å². The Balaban J connectivity index is 1.97. The van der Waals surface area contributed by atoms with Gasteiger partial charge in [-0.15, -0.1) is 0 Å². The molecular weight excluding hydrogens is 202 g/mol. The summed E-state index contributed by atoms with van der Waals surface area (Å²) in [4.78, 5) is 8.52. The third kappa shape index (κ3) is 2.14. The Morgan fingerprint density at radius 1 is 1.19 bits per heavy atom. The molecule has 0 fully saturated rings. The van der Waals surface area contributed by atoms with Crippen molar-refractivity contribution in [2.24, 2.45) is 19.8 Å². The molecule has 16 heavy (non-hydrogen) atoms. The standard InChI is InChI=1S/C11H17N5/c1-15-7-5-13-10(15)4-3-9(12)11-14-6-8-16(11)2/h5-9H,3-4,12H2,1-2H3. The largest absolute Gasteiger partial charge is 0.338 e. The van der Waals surface area contributed by atoms with E-state index in [1.165, 1.54) is 0 Å². The van der Waals surface area contributed by atoms with Crippen LogP contribution in [0.3, 0.4) is 0 Å². The van der Waals surface area contributed by atoms with Gasteiger partial charge in [-0.3, -0.25) is 0 Å². The van der Waals surface area contributed by atoms with E-state index in [2.05, 4.69) is 9.97 Å². The van der Waals surface area contributed by atoms with Gasteiger partial charge in [-0.2, -0.15) is 0 Å². The lowest BCUT2D eigenvalue weighted by Gasteiger charge is -2.11. The number of imidazole rings is 2. The Labute approximate surface area is 94.9 Å². The first-order chi connectivity index (χ1) is 7.68. The first kappa shape index (κ1) is 10.9. The maximum absolute atomic E-state index is 6.09. The average molecular weight is 219 g/mol. The maximum Gasteiger partial charge on any atom is 0.125 e. The van der Waals surface area contributed by atoms with Crippen molar-refractivity contribution in [2.75, 3.05) is 0 Å². The molecule has 0 saturated heterocycles. The van der Waals surface area contributed by atoms with Crippen LogP contribution in [0.2, 0.25) is 0 Å². The van der Waals surface area contributed by atoms with Gasteiger partial charge in [-0.25, -0.2) is 9.97 Å². The second kappa shape index (κ2) is 4.49. The fourth-order valence-electron chi connectivity index (χ4n) is 1.79. The van der Waals surface area contributed by atoms with Gasteiger partial charge in [0, 0.05) is 45.3 Å². The van der Waals surface area contributed by atoms with E-state index in [1.54, 1.807) is 6.20 Å². The molecule has 5 heteroatoms. The highest BCUT2D eigenvalue weighted by atomic mass is 15.1. The summed E-state index contributed by atoms with van der Waals surface area (Å²) < 4.78 is 3.98. The predicted molar refractivity (Wildman–Crippen MR) is 61.7 cm³/mol. The van der Waals surface area contributed by atoms with E-state index in [1.807, 2.05) is 41.8 Å². The fraction of sp³-hybridized carbons (Fsp3) is 0.455. The summed E-state index contributed by atoms with van der Waals surface area (Å²) in [5, 5.41) is 0. The van der Waals surface area contributed by atoms with Gasteiger partial charge in [0.2, 0.25) is 0 Å². The highest BCUT2D eigenvalue weighted by Crippen LogP contribution is 2.13. The SMILES string of the molecule is Cn1ccnc1CCC(N)c1nccn1C. The summed E-state index contributed by atoms with van der Waals surface area (Å²) in [5.74, 6) is 1.99. The Hall–Kier alpha value is -1.62. The van der Waals surface area contributed by atoms with E-state index in [-0.39, 0.29) is 6.04 Å². The fourth-order valence-corrected chi connectivity index (χ4v) is 1.79. The highest BCUT2D eigenvalue weighted by molar-refractivity contribution is 4.99. The molecule has 0 amide bonds.